The lowest BCUT2D eigenvalue weighted by Gasteiger charge is -2.25. The molecular formula is C14H26N2O3. The van der Waals surface area contributed by atoms with E-state index in [9.17, 15) is 9.59 Å². The summed E-state index contributed by atoms with van der Waals surface area (Å²) in [6.07, 6.45) is 4.93. The molecule has 110 valence electrons. The lowest BCUT2D eigenvalue weighted by molar-refractivity contribution is -0.137. The highest BCUT2D eigenvalue weighted by atomic mass is 16.4. The molecule has 1 unspecified atom stereocenters. The van der Waals surface area contributed by atoms with Gasteiger partial charge in [-0.15, -0.1) is 0 Å². The van der Waals surface area contributed by atoms with Crippen LogP contribution in [0.15, 0.2) is 0 Å². The zero-order chi connectivity index (χ0) is 14.3. The fourth-order valence-electron chi connectivity index (χ4n) is 2.21. The minimum absolute atomic E-state index is 0.00295. The van der Waals surface area contributed by atoms with E-state index in [1.807, 2.05) is 18.7 Å². The van der Waals surface area contributed by atoms with Crippen molar-refractivity contribution in [2.75, 3.05) is 13.1 Å². The molecule has 0 aliphatic heterocycles. The van der Waals surface area contributed by atoms with Gasteiger partial charge in [-0.05, 0) is 31.6 Å². The van der Waals surface area contributed by atoms with E-state index in [2.05, 4.69) is 5.32 Å². The van der Waals surface area contributed by atoms with Gasteiger partial charge >= 0.3 is 12.0 Å². The number of hydrogen-bond donors (Lipinski definition) is 2. The molecule has 1 aliphatic carbocycles. The molecule has 0 aromatic carbocycles. The molecule has 1 fully saturated rings. The van der Waals surface area contributed by atoms with Crippen LogP contribution in [0.25, 0.3) is 0 Å². The summed E-state index contributed by atoms with van der Waals surface area (Å²) in [6.45, 7) is 5.60. The molecule has 5 heteroatoms. The van der Waals surface area contributed by atoms with Crippen molar-refractivity contribution in [3.63, 3.8) is 0 Å². The number of carboxylic acid groups (broad SMARTS) is 1. The number of hydrogen-bond acceptors (Lipinski definition) is 2. The summed E-state index contributed by atoms with van der Waals surface area (Å²) < 4.78 is 0. The summed E-state index contributed by atoms with van der Waals surface area (Å²) in [6, 6.07) is -0.359. The Morgan fingerprint density at radius 1 is 1.32 bits per heavy atom. The van der Waals surface area contributed by atoms with Crippen molar-refractivity contribution in [1.82, 2.24) is 10.2 Å². The third kappa shape index (κ3) is 6.45. The molecule has 1 atom stereocenters. The first-order valence-electron chi connectivity index (χ1n) is 7.34. The molecule has 0 heterocycles. The Kier molecular flexibility index (Phi) is 6.67. The average molecular weight is 270 g/mol. The largest absolute Gasteiger partial charge is 0.481 e. The van der Waals surface area contributed by atoms with Gasteiger partial charge in [-0.3, -0.25) is 4.79 Å². The van der Waals surface area contributed by atoms with Gasteiger partial charge in [0.2, 0.25) is 0 Å². The maximum atomic E-state index is 12.2. The maximum absolute atomic E-state index is 12.2. The molecule has 0 aromatic rings. The van der Waals surface area contributed by atoms with Crippen LogP contribution in [-0.4, -0.2) is 41.1 Å². The molecule has 0 spiro atoms. The number of aliphatic carboxylic acids is 1. The van der Waals surface area contributed by atoms with Crippen molar-refractivity contribution >= 4 is 12.0 Å². The summed E-state index contributed by atoms with van der Waals surface area (Å²) in [7, 11) is 0. The van der Waals surface area contributed by atoms with Gasteiger partial charge in [0.25, 0.3) is 0 Å². The Hall–Kier alpha value is -1.26. The number of nitrogens with zero attached hydrogens (tertiary/aromatic N) is 1. The third-order valence-corrected chi connectivity index (χ3v) is 3.34. The molecule has 1 rings (SSSR count). The fraction of sp³-hybridized carbons (Fsp3) is 0.857. The second kappa shape index (κ2) is 8.02. The van der Waals surface area contributed by atoms with E-state index in [-0.39, 0.29) is 18.5 Å². The number of urea groups is 1. The van der Waals surface area contributed by atoms with Gasteiger partial charge in [-0.2, -0.15) is 0 Å². The van der Waals surface area contributed by atoms with Crippen LogP contribution in [0.4, 0.5) is 4.79 Å². The van der Waals surface area contributed by atoms with Crippen molar-refractivity contribution in [2.24, 2.45) is 5.92 Å². The minimum atomic E-state index is -0.858. The maximum Gasteiger partial charge on any atom is 0.317 e. The van der Waals surface area contributed by atoms with Crippen molar-refractivity contribution in [3.8, 4) is 0 Å². The molecule has 0 bridgehead atoms. The highest BCUT2D eigenvalue weighted by Crippen LogP contribution is 2.29. The molecule has 0 saturated heterocycles. The molecule has 0 aromatic heterocycles. The van der Waals surface area contributed by atoms with Gasteiger partial charge < -0.3 is 15.3 Å². The van der Waals surface area contributed by atoms with Gasteiger partial charge in [-0.1, -0.05) is 20.3 Å². The first-order valence-corrected chi connectivity index (χ1v) is 7.34. The molecular weight excluding hydrogens is 244 g/mol. The van der Waals surface area contributed by atoms with E-state index < -0.39 is 5.97 Å². The fourth-order valence-corrected chi connectivity index (χ4v) is 2.21. The zero-order valence-corrected chi connectivity index (χ0v) is 12.0. The van der Waals surface area contributed by atoms with Crippen LogP contribution in [-0.2, 0) is 4.79 Å². The first-order chi connectivity index (χ1) is 9.06. The van der Waals surface area contributed by atoms with Crippen molar-refractivity contribution in [2.45, 2.75) is 58.4 Å². The van der Waals surface area contributed by atoms with Gasteiger partial charge in [0.05, 0.1) is 6.42 Å². The first kappa shape index (κ1) is 15.8. The van der Waals surface area contributed by atoms with Gasteiger partial charge in [0, 0.05) is 19.1 Å². The van der Waals surface area contributed by atoms with Crippen LogP contribution in [0.3, 0.4) is 0 Å². The summed E-state index contributed by atoms with van der Waals surface area (Å²) in [5, 5.41) is 11.7. The number of nitrogens with one attached hydrogen (secondary N) is 1. The van der Waals surface area contributed by atoms with E-state index in [1.165, 1.54) is 12.8 Å². The lowest BCUT2D eigenvalue weighted by atomic mass is 10.1. The normalized spacial score (nSPS) is 15.9. The van der Waals surface area contributed by atoms with Crippen LogP contribution in [0.2, 0.25) is 0 Å². The second-order valence-electron chi connectivity index (χ2n) is 5.42. The Bertz CT molecular complexity index is 303. The van der Waals surface area contributed by atoms with E-state index in [0.29, 0.717) is 12.3 Å². The molecule has 19 heavy (non-hydrogen) atoms. The molecule has 1 saturated carbocycles. The van der Waals surface area contributed by atoms with Crippen LogP contribution in [0.5, 0.6) is 0 Å². The quantitative estimate of drug-likeness (QED) is 0.676. The predicted molar refractivity (Wildman–Crippen MR) is 74.1 cm³/mol. The van der Waals surface area contributed by atoms with Crippen molar-refractivity contribution in [3.05, 3.63) is 0 Å². The lowest BCUT2D eigenvalue weighted by Crippen LogP contribution is -2.46. The monoisotopic (exact) mass is 270 g/mol. The average Bonchev–Trinajstić information content (AvgIpc) is 3.11. The van der Waals surface area contributed by atoms with E-state index in [0.717, 1.165) is 25.9 Å². The van der Waals surface area contributed by atoms with Gasteiger partial charge in [0.15, 0.2) is 0 Å². The van der Waals surface area contributed by atoms with Crippen LogP contribution < -0.4 is 5.32 Å². The number of carbonyl (C=O) groups is 2. The highest BCUT2D eigenvalue weighted by molar-refractivity contribution is 5.76. The molecule has 1 aliphatic rings. The smallest absolute Gasteiger partial charge is 0.317 e. The standard InChI is InChI=1S/C14H26N2O3/c1-3-5-12(9-13(17)18)15-14(19)16(8-4-2)10-11-6-7-11/h11-12H,3-10H2,1-2H3,(H,15,19)(H,17,18). The second-order valence-corrected chi connectivity index (χ2v) is 5.42. The molecule has 5 nitrogen and oxygen atoms in total. The Morgan fingerprint density at radius 3 is 2.47 bits per heavy atom. The zero-order valence-electron chi connectivity index (χ0n) is 12.0. The van der Waals surface area contributed by atoms with E-state index in [1.54, 1.807) is 0 Å². The number of carboxylic acids is 1. The third-order valence-electron chi connectivity index (χ3n) is 3.34. The Balaban J connectivity index is 2.47. The van der Waals surface area contributed by atoms with Gasteiger partial charge in [0.1, 0.15) is 0 Å². The SMILES string of the molecule is CCCC(CC(=O)O)NC(=O)N(CCC)CC1CC1. The van der Waals surface area contributed by atoms with E-state index >= 15 is 0 Å². The summed E-state index contributed by atoms with van der Waals surface area (Å²) in [4.78, 5) is 24.8. The number of rotatable bonds is 9. The summed E-state index contributed by atoms with van der Waals surface area (Å²) in [5.41, 5.74) is 0. The minimum Gasteiger partial charge on any atom is -0.481 e. The summed E-state index contributed by atoms with van der Waals surface area (Å²) in [5.74, 6) is -0.204. The predicted octanol–water partition coefficient (Wildman–Crippen LogP) is 2.46. The van der Waals surface area contributed by atoms with Gasteiger partial charge in [-0.25, -0.2) is 4.79 Å². The highest BCUT2D eigenvalue weighted by Gasteiger charge is 2.27. The topological polar surface area (TPSA) is 69.6 Å². The van der Waals surface area contributed by atoms with E-state index in [4.69, 9.17) is 5.11 Å². The molecule has 2 amide bonds. The summed E-state index contributed by atoms with van der Waals surface area (Å²) >= 11 is 0. The number of carbonyl (C=O) groups excluding carboxylic acids is 1. The Morgan fingerprint density at radius 2 is 2.00 bits per heavy atom. The van der Waals surface area contributed by atoms with Crippen LogP contribution in [0.1, 0.15) is 52.4 Å². The van der Waals surface area contributed by atoms with Crippen LogP contribution in [0, 0.1) is 5.92 Å². The Labute approximate surface area is 115 Å². The number of amides is 2. The van der Waals surface area contributed by atoms with Crippen molar-refractivity contribution in [1.29, 1.82) is 0 Å². The molecule has 2 N–H and O–H groups in total. The molecule has 0 radical (unpaired) electrons. The van der Waals surface area contributed by atoms with Crippen molar-refractivity contribution < 1.29 is 14.7 Å². The van der Waals surface area contributed by atoms with Crippen LogP contribution >= 0.6 is 0 Å².